The van der Waals surface area contributed by atoms with E-state index in [2.05, 4.69) is 14.6 Å². The second-order valence-electron chi connectivity index (χ2n) is 2.10. The molecule has 0 aliphatic carbocycles. The molecule has 3 nitrogen and oxygen atoms in total. The molecule has 0 bridgehead atoms. The molecular formula is H6Cl6N3P3. The van der Waals surface area contributed by atoms with Crippen LogP contribution in [0.2, 0.25) is 0 Å². The van der Waals surface area contributed by atoms with Gasteiger partial charge in [-0.1, -0.05) is 0 Å². The fourth-order valence-electron chi connectivity index (χ4n) is 0.685. The summed E-state index contributed by atoms with van der Waals surface area (Å²) in [7, 11) is 0. The maximum atomic E-state index is 5.81. The van der Waals surface area contributed by atoms with E-state index in [9.17, 15) is 0 Å². The van der Waals surface area contributed by atoms with Crippen molar-refractivity contribution in [1.82, 2.24) is 14.6 Å². The predicted molar refractivity (Wildman–Crippen MR) is 69.5 cm³/mol. The molecule has 1 aliphatic rings. The summed E-state index contributed by atoms with van der Waals surface area (Å²) in [4.78, 5) is 8.01. The summed E-state index contributed by atoms with van der Waals surface area (Å²) in [5, 5.41) is 0. The van der Waals surface area contributed by atoms with Gasteiger partial charge in [-0.3, -0.25) is 0 Å². The Kier molecular flexibility index (Phi) is 4.39. The molecular weight excluding hydrogens is 348 g/mol. The quantitative estimate of drug-likeness (QED) is 0.564. The van der Waals surface area contributed by atoms with Crippen molar-refractivity contribution in [3.8, 4) is 0 Å². The van der Waals surface area contributed by atoms with E-state index >= 15 is 0 Å². The van der Waals surface area contributed by atoms with E-state index in [1.54, 1.807) is 0 Å². The van der Waals surface area contributed by atoms with E-state index in [1.807, 2.05) is 0 Å². The monoisotopic (exact) mass is 351 g/mol. The van der Waals surface area contributed by atoms with E-state index in [0.717, 1.165) is 0 Å². The Bertz CT molecular complexity index is 145. The van der Waals surface area contributed by atoms with Crippen LogP contribution in [0, 0.1) is 0 Å². The predicted octanol–water partition coefficient (Wildman–Crippen LogP) is 4.43. The van der Waals surface area contributed by atoms with E-state index in [-0.39, 0.29) is 0 Å². The topological polar surface area (TPSA) is 36.1 Å². The van der Waals surface area contributed by atoms with Gasteiger partial charge in [0.1, 0.15) is 0 Å². The summed E-state index contributed by atoms with van der Waals surface area (Å²) in [5.41, 5.74) is 0. The van der Waals surface area contributed by atoms with Gasteiger partial charge in [-0.15, -0.1) is 0 Å². The van der Waals surface area contributed by atoms with Gasteiger partial charge in [-0.2, -0.15) is 0 Å². The van der Waals surface area contributed by atoms with Gasteiger partial charge in [0.25, 0.3) is 0 Å². The molecule has 0 radical (unpaired) electrons. The standard InChI is InChI=1S/Cl6H6N3P3/c1-10(2)7-11(3,4)9-12(5,6)8-10/h7-12H. The summed E-state index contributed by atoms with van der Waals surface area (Å²) in [6, 6.07) is 0. The van der Waals surface area contributed by atoms with Crippen molar-refractivity contribution in [1.29, 1.82) is 0 Å². The van der Waals surface area contributed by atoms with Gasteiger partial charge in [0.2, 0.25) is 0 Å². The fraction of sp³-hybridized carbons (Fsp3) is 0. The molecule has 0 saturated carbocycles. The van der Waals surface area contributed by atoms with Gasteiger partial charge in [0.15, 0.2) is 0 Å². The Balaban J connectivity index is 2.81. The zero-order valence-electron chi connectivity index (χ0n) is 5.27. The zero-order valence-corrected chi connectivity index (χ0v) is 12.8. The molecule has 1 fully saturated rings. The third-order valence-electron chi connectivity index (χ3n) is 0.942. The summed E-state index contributed by atoms with van der Waals surface area (Å²) >= 11 is 34.9. The van der Waals surface area contributed by atoms with Crippen LogP contribution in [-0.2, 0) is 0 Å². The molecule has 78 valence electrons. The van der Waals surface area contributed by atoms with E-state index in [1.165, 1.54) is 0 Å². The molecule has 3 N–H and O–H groups in total. The van der Waals surface area contributed by atoms with Crippen LogP contribution in [-0.4, -0.2) is 0 Å². The Hall–Kier alpha value is 2.91. The second-order valence-corrected chi connectivity index (χ2v) is 20.5. The number of hydrogen-bond donors (Lipinski definition) is 3. The third-order valence-corrected chi connectivity index (χ3v) is 18.7. The normalized spacial score (nSPS) is 39.5. The van der Waals surface area contributed by atoms with Gasteiger partial charge in [0, 0.05) is 0 Å². The van der Waals surface area contributed by atoms with Crippen LogP contribution in [0.25, 0.3) is 0 Å². The first kappa shape index (κ1) is 13.0. The number of halogens is 6. The van der Waals surface area contributed by atoms with Gasteiger partial charge in [-0.05, 0) is 0 Å². The number of hydrogen-bond acceptors (Lipinski definition) is 3. The molecule has 12 heteroatoms. The number of nitrogens with one attached hydrogen (secondary N) is 3. The molecule has 1 rings (SSSR count). The average Bonchev–Trinajstić information content (AvgIpc) is 1.44. The van der Waals surface area contributed by atoms with Gasteiger partial charge in [-0.25, -0.2) is 0 Å². The van der Waals surface area contributed by atoms with Crippen molar-refractivity contribution in [3.63, 3.8) is 0 Å². The van der Waals surface area contributed by atoms with Crippen LogP contribution >= 0.6 is 86.3 Å². The molecule has 0 spiro atoms. The Morgan fingerprint density at radius 3 is 0.833 bits per heavy atom. The molecule has 12 heavy (non-hydrogen) atoms. The average molecular weight is 354 g/mol. The molecule has 0 atom stereocenters. The first-order valence-corrected chi connectivity index (χ1v) is 14.7. The van der Waals surface area contributed by atoms with Crippen molar-refractivity contribution >= 4 is 86.3 Å². The van der Waals surface area contributed by atoms with Crippen LogP contribution < -0.4 is 14.6 Å². The Morgan fingerprint density at radius 2 is 0.667 bits per heavy atom. The molecule has 0 amide bonds. The first-order valence-electron chi connectivity index (χ1n) is 2.63. The summed E-state index contributed by atoms with van der Waals surface area (Å²) < 4.78 is 0. The van der Waals surface area contributed by atoms with Crippen LogP contribution in [0.15, 0.2) is 0 Å². The summed E-state index contributed by atoms with van der Waals surface area (Å²) in [5.74, 6) is 0. The molecule has 1 aliphatic heterocycles. The fourth-order valence-corrected chi connectivity index (χ4v) is 28.4. The van der Waals surface area contributed by atoms with Crippen molar-refractivity contribution < 1.29 is 0 Å². The molecule has 1 saturated heterocycles. The van der Waals surface area contributed by atoms with Crippen LogP contribution in [0.1, 0.15) is 0 Å². The zero-order chi connectivity index (χ0) is 9.62. The molecule has 1 heterocycles. The van der Waals surface area contributed by atoms with Crippen molar-refractivity contribution in [2.24, 2.45) is 0 Å². The second kappa shape index (κ2) is 4.06. The maximum absolute atomic E-state index is 5.81. The molecule has 0 aromatic carbocycles. The van der Waals surface area contributed by atoms with Crippen LogP contribution in [0.5, 0.6) is 0 Å². The summed E-state index contributed by atoms with van der Waals surface area (Å²) in [6.07, 6.45) is -8.65. The van der Waals surface area contributed by atoms with E-state index < -0.39 is 18.8 Å². The van der Waals surface area contributed by atoms with E-state index in [4.69, 9.17) is 67.4 Å². The first-order chi connectivity index (χ1) is 5.12. The van der Waals surface area contributed by atoms with E-state index in [0.29, 0.717) is 0 Å². The van der Waals surface area contributed by atoms with Crippen molar-refractivity contribution in [2.45, 2.75) is 0 Å². The van der Waals surface area contributed by atoms with Crippen LogP contribution in [0.4, 0.5) is 0 Å². The molecule has 0 aromatic rings. The Morgan fingerprint density at radius 1 is 0.500 bits per heavy atom. The van der Waals surface area contributed by atoms with Crippen LogP contribution in [0.3, 0.4) is 0 Å². The van der Waals surface area contributed by atoms with Gasteiger partial charge < -0.3 is 0 Å². The SMILES string of the molecule is Cl[PH]1(Cl)N[PH](Cl)(Cl)N[PH](Cl)(Cl)N1. The minimum atomic E-state index is -2.88. The van der Waals surface area contributed by atoms with Gasteiger partial charge in [0.05, 0.1) is 0 Å². The van der Waals surface area contributed by atoms with Crippen molar-refractivity contribution in [2.75, 3.05) is 0 Å². The Labute approximate surface area is 100 Å². The molecule has 0 aromatic heterocycles. The summed E-state index contributed by atoms with van der Waals surface area (Å²) in [6.45, 7) is 0. The third kappa shape index (κ3) is 4.19. The molecule has 0 unspecified atom stereocenters. The minimum absolute atomic E-state index is 2.67. The van der Waals surface area contributed by atoms with Gasteiger partial charge >= 0.3 is 101 Å². The number of rotatable bonds is 0. The van der Waals surface area contributed by atoms with Crippen molar-refractivity contribution in [3.05, 3.63) is 0 Å².